The molecule has 0 unspecified atom stereocenters. The lowest BCUT2D eigenvalue weighted by Crippen LogP contribution is -2.37. The first kappa shape index (κ1) is 24.4. The van der Waals surface area contributed by atoms with Gasteiger partial charge in [-0.2, -0.15) is 0 Å². The van der Waals surface area contributed by atoms with Crippen molar-refractivity contribution in [1.82, 2.24) is 9.88 Å². The average molecular weight is 474 g/mol. The average Bonchev–Trinajstić information content (AvgIpc) is 3.17. The second-order valence-corrected chi connectivity index (χ2v) is 11.9. The fourth-order valence-corrected chi connectivity index (χ4v) is 5.48. The van der Waals surface area contributed by atoms with Crippen molar-refractivity contribution in [3.8, 4) is 0 Å². The van der Waals surface area contributed by atoms with Crippen LogP contribution in [-0.2, 0) is 27.5 Å². The van der Waals surface area contributed by atoms with Crippen LogP contribution in [0.2, 0.25) is 0 Å². The molecule has 172 valence electrons. The SMILES string of the molecule is CCc1cccc2sc(N(CCN(C)C)C(=O)Cc3ccc(S(=O)(=O)C(C)C)cc3)nc12. The van der Waals surface area contributed by atoms with Gasteiger partial charge < -0.3 is 4.90 Å². The Hall–Kier alpha value is -2.29. The number of nitrogens with zero attached hydrogens (tertiary/aromatic N) is 3. The first-order valence-corrected chi connectivity index (χ1v) is 13.2. The summed E-state index contributed by atoms with van der Waals surface area (Å²) in [5.41, 5.74) is 2.91. The van der Waals surface area contributed by atoms with Crippen molar-refractivity contribution in [2.75, 3.05) is 32.1 Å². The minimum atomic E-state index is -3.33. The molecule has 32 heavy (non-hydrogen) atoms. The van der Waals surface area contributed by atoms with Gasteiger partial charge in [0.05, 0.1) is 26.8 Å². The molecule has 0 N–H and O–H groups in total. The van der Waals surface area contributed by atoms with E-state index in [0.717, 1.165) is 22.2 Å². The molecule has 0 radical (unpaired) electrons. The highest BCUT2D eigenvalue weighted by Crippen LogP contribution is 2.31. The molecule has 1 aromatic heterocycles. The van der Waals surface area contributed by atoms with E-state index in [9.17, 15) is 13.2 Å². The van der Waals surface area contributed by atoms with Gasteiger partial charge in [-0.3, -0.25) is 9.69 Å². The predicted octanol–water partition coefficient (Wildman–Crippen LogP) is 4.18. The van der Waals surface area contributed by atoms with Gasteiger partial charge in [-0.05, 0) is 63.7 Å². The Bertz CT molecular complexity index is 1180. The Morgan fingerprint density at radius 1 is 1.06 bits per heavy atom. The molecule has 0 aliphatic carbocycles. The first-order chi connectivity index (χ1) is 15.1. The molecule has 0 aliphatic heterocycles. The van der Waals surface area contributed by atoms with Gasteiger partial charge in [0.2, 0.25) is 5.91 Å². The van der Waals surface area contributed by atoms with Gasteiger partial charge in [0.1, 0.15) is 0 Å². The third kappa shape index (κ3) is 5.36. The Morgan fingerprint density at radius 2 is 1.75 bits per heavy atom. The Balaban J connectivity index is 1.87. The van der Waals surface area contributed by atoms with Crippen molar-refractivity contribution < 1.29 is 13.2 Å². The first-order valence-electron chi connectivity index (χ1n) is 10.8. The summed E-state index contributed by atoms with van der Waals surface area (Å²) in [5.74, 6) is -0.0524. The molecule has 0 saturated heterocycles. The quantitative estimate of drug-likeness (QED) is 0.466. The van der Waals surface area contributed by atoms with E-state index in [1.165, 1.54) is 16.9 Å². The molecule has 3 aromatic rings. The molecule has 0 spiro atoms. The molecule has 1 amide bonds. The summed E-state index contributed by atoms with van der Waals surface area (Å²) < 4.78 is 25.8. The number of benzene rings is 2. The molecule has 0 bridgehead atoms. The number of sulfone groups is 1. The van der Waals surface area contributed by atoms with Crippen LogP contribution in [0.3, 0.4) is 0 Å². The van der Waals surface area contributed by atoms with Crippen molar-refractivity contribution in [3.63, 3.8) is 0 Å². The van der Waals surface area contributed by atoms with Crippen LogP contribution in [0.4, 0.5) is 5.13 Å². The normalized spacial score (nSPS) is 12.1. The highest BCUT2D eigenvalue weighted by molar-refractivity contribution is 7.92. The van der Waals surface area contributed by atoms with Gasteiger partial charge in [-0.1, -0.05) is 42.5 Å². The molecule has 2 aromatic carbocycles. The van der Waals surface area contributed by atoms with Crippen molar-refractivity contribution in [1.29, 1.82) is 0 Å². The molecular formula is C24H31N3O3S2. The van der Waals surface area contributed by atoms with Gasteiger partial charge in [-0.25, -0.2) is 13.4 Å². The van der Waals surface area contributed by atoms with E-state index in [2.05, 4.69) is 13.0 Å². The number of anilines is 1. The standard InChI is InChI=1S/C24H31N3O3S2/c1-6-19-8-7-9-21-23(19)25-24(31-21)27(15-14-26(4)5)22(28)16-18-10-12-20(13-11-18)32(29,30)17(2)3/h7-13,17H,6,14-16H2,1-5H3. The predicted molar refractivity (Wildman–Crippen MR) is 132 cm³/mol. The number of hydrogen-bond acceptors (Lipinski definition) is 6. The van der Waals surface area contributed by atoms with E-state index in [4.69, 9.17) is 4.98 Å². The lowest BCUT2D eigenvalue weighted by Gasteiger charge is -2.22. The number of hydrogen-bond donors (Lipinski definition) is 0. The smallest absolute Gasteiger partial charge is 0.233 e. The van der Waals surface area contributed by atoms with Crippen LogP contribution >= 0.6 is 11.3 Å². The van der Waals surface area contributed by atoms with Gasteiger partial charge in [0, 0.05) is 13.1 Å². The van der Waals surface area contributed by atoms with Gasteiger partial charge in [0.15, 0.2) is 15.0 Å². The van der Waals surface area contributed by atoms with Crippen LogP contribution in [0.25, 0.3) is 10.2 Å². The third-order valence-corrected chi connectivity index (χ3v) is 8.62. The summed E-state index contributed by atoms with van der Waals surface area (Å²) >= 11 is 1.53. The second kappa shape index (κ2) is 10.1. The summed E-state index contributed by atoms with van der Waals surface area (Å²) in [4.78, 5) is 22.2. The number of likely N-dealkylation sites (N-methyl/N-ethyl adjacent to an activating group) is 1. The number of thiazole rings is 1. The largest absolute Gasteiger partial charge is 0.308 e. The molecule has 1 heterocycles. The van der Waals surface area contributed by atoms with Gasteiger partial charge >= 0.3 is 0 Å². The highest BCUT2D eigenvalue weighted by Gasteiger charge is 2.22. The molecule has 0 fully saturated rings. The third-order valence-electron chi connectivity index (χ3n) is 5.40. The molecule has 0 saturated carbocycles. The summed E-state index contributed by atoms with van der Waals surface area (Å²) in [6, 6.07) is 12.8. The zero-order valence-electron chi connectivity index (χ0n) is 19.3. The van der Waals surface area contributed by atoms with Gasteiger partial charge in [-0.15, -0.1) is 0 Å². The van der Waals surface area contributed by atoms with Crippen molar-refractivity contribution in [3.05, 3.63) is 53.6 Å². The molecular weight excluding hydrogens is 442 g/mol. The maximum absolute atomic E-state index is 13.3. The van der Waals surface area contributed by atoms with E-state index >= 15 is 0 Å². The minimum Gasteiger partial charge on any atom is -0.308 e. The number of amides is 1. The van der Waals surface area contributed by atoms with Crippen molar-refractivity contribution in [2.45, 2.75) is 43.8 Å². The summed E-state index contributed by atoms with van der Waals surface area (Å²) in [6.45, 7) is 6.68. The molecule has 6 nitrogen and oxygen atoms in total. The number of fused-ring (bicyclic) bond motifs is 1. The Labute approximate surface area is 194 Å². The highest BCUT2D eigenvalue weighted by atomic mass is 32.2. The number of aryl methyl sites for hydroxylation is 1. The number of rotatable bonds is 9. The minimum absolute atomic E-state index is 0.0524. The maximum Gasteiger partial charge on any atom is 0.233 e. The van der Waals surface area contributed by atoms with E-state index in [0.29, 0.717) is 18.2 Å². The number of aromatic nitrogens is 1. The number of carbonyl (C=O) groups is 1. The molecule has 0 atom stereocenters. The monoisotopic (exact) mass is 473 g/mol. The van der Waals surface area contributed by atoms with E-state index in [1.54, 1.807) is 43.0 Å². The Morgan fingerprint density at radius 3 is 2.34 bits per heavy atom. The van der Waals surface area contributed by atoms with Crippen LogP contribution < -0.4 is 4.90 Å². The second-order valence-electron chi connectivity index (χ2n) is 8.38. The topological polar surface area (TPSA) is 70.6 Å². The van der Waals surface area contributed by atoms with E-state index in [1.807, 2.05) is 31.1 Å². The number of carbonyl (C=O) groups excluding carboxylic acids is 1. The van der Waals surface area contributed by atoms with Crippen LogP contribution in [0.15, 0.2) is 47.4 Å². The summed E-state index contributed by atoms with van der Waals surface area (Å²) in [7, 11) is 0.622. The van der Waals surface area contributed by atoms with Crippen molar-refractivity contribution >= 4 is 42.4 Å². The van der Waals surface area contributed by atoms with Crippen LogP contribution in [0.5, 0.6) is 0 Å². The Kier molecular flexibility index (Phi) is 7.69. The fourth-order valence-electron chi connectivity index (χ4n) is 3.36. The molecule has 3 rings (SSSR count). The molecule has 0 aliphatic rings. The van der Waals surface area contributed by atoms with E-state index < -0.39 is 15.1 Å². The van der Waals surface area contributed by atoms with Crippen LogP contribution in [0.1, 0.15) is 31.9 Å². The summed E-state index contributed by atoms with van der Waals surface area (Å²) in [6.07, 6.45) is 1.07. The molecule has 8 heteroatoms. The van der Waals surface area contributed by atoms with Crippen LogP contribution in [-0.4, -0.2) is 56.6 Å². The van der Waals surface area contributed by atoms with Crippen LogP contribution in [0, 0.1) is 0 Å². The maximum atomic E-state index is 13.3. The fraction of sp³-hybridized carbons (Fsp3) is 0.417. The lowest BCUT2D eigenvalue weighted by molar-refractivity contribution is -0.118. The van der Waals surface area contributed by atoms with Gasteiger partial charge in [0.25, 0.3) is 0 Å². The van der Waals surface area contributed by atoms with E-state index in [-0.39, 0.29) is 17.2 Å². The van der Waals surface area contributed by atoms with Crippen molar-refractivity contribution in [2.24, 2.45) is 0 Å². The number of para-hydroxylation sites is 1. The zero-order valence-corrected chi connectivity index (χ0v) is 21.0. The summed E-state index contributed by atoms with van der Waals surface area (Å²) in [5, 5.41) is 0.218. The zero-order chi connectivity index (χ0) is 23.5. The lowest BCUT2D eigenvalue weighted by atomic mass is 10.1.